The van der Waals surface area contributed by atoms with Crippen molar-refractivity contribution >= 4 is 12.2 Å². The Bertz CT molecular complexity index is 579. The van der Waals surface area contributed by atoms with Crippen molar-refractivity contribution in [1.82, 2.24) is 15.6 Å². The van der Waals surface area contributed by atoms with E-state index in [4.69, 9.17) is 4.98 Å². The average Bonchev–Trinajstić information content (AvgIpc) is 2.75. The molecule has 0 amide bonds. The molecule has 0 aromatic carbocycles. The lowest BCUT2D eigenvalue weighted by Gasteiger charge is -2.26. The molecule has 158 valence electrons. The molecule has 1 aromatic rings. The first kappa shape index (κ1) is 24.4. The SMILES string of the molecule is C=Cc1ccnc(C(CCC)CCC)c1/C=C(\CC)NC1CCNCC1.CC. The van der Waals surface area contributed by atoms with Crippen LogP contribution in [0.15, 0.2) is 24.5 Å². The van der Waals surface area contributed by atoms with Crippen LogP contribution in [0, 0.1) is 0 Å². The van der Waals surface area contributed by atoms with Crippen molar-refractivity contribution in [3.05, 3.63) is 41.4 Å². The number of nitrogens with zero attached hydrogens (tertiary/aromatic N) is 1. The largest absolute Gasteiger partial charge is 0.386 e. The van der Waals surface area contributed by atoms with E-state index in [1.54, 1.807) is 0 Å². The zero-order chi connectivity index (χ0) is 20.8. The Balaban J connectivity index is 0.00000190. The lowest BCUT2D eigenvalue weighted by Crippen LogP contribution is -2.39. The summed E-state index contributed by atoms with van der Waals surface area (Å²) < 4.78 is 0. The fourth-order valence-corrected chi connectivity index (χ4v) is 3.93. The van der Waals surface area contributed by atoms with Crippen LogP contribution in [-0.4, -0.2) is 24.1 Å². The highest BCUT2D eigenvalue weighted by atomic mass is 15.0. The minimum absolute atomic E-state index is 0.535. The van der Waals surface area contributed by atoms with Crippen molar-refractivity contribution in [1.29, 1.82) is 0 Å². The molecule has 3 nitrogen and oxygen atoms in total. The molecule has 3 heteroatoms. The fraction of sp³-hybridized carbons (Fsp3) is 0.640. The van der Waals surface area contributed by atoms with Gasteiger partial charge in [-0.2, -0.15) is 0 Å². The molecule has 1 aliphatic heterocycles. The van der Waals surface area contributed by atoms with Gasteiger partial charge < -0.3 is 10.6 Å². The maximum absolute atomic E-state index is 4.83. The quantitative estimate of drug-likeness (QED) is 0.481. The van der Waals surface area contributed by atoms with Gasteiger partial charge in [0.1, 0.15) is 0 Å². The van der Waals surface area contributed by atoms with Gasteiger partial charge in [-0.3, -0.25) is 4.98 Å². The number of piperidine rings is 1. The summed E-state index contributed by atoms with van der Waals surface area (Å²) in [7, 11) is 0. The van der Waals surface area contributed by atoms with E-state index in [9.17, 15) is 0 Å². The summed E-state index contributed by atoms with van der Waals surface area (Å²) in [5.41, 5.74) is 5.04. The minimum atomic E-state index is 0.535. The van der Waals surface area contributed by atoms with Crippen LogP contribution in [0.4, 0.5) is 0 Å². The second kappa shape index (κ2) is 14.4. The molecule has 1 aromatic heterocycles. The lowest BCUT2D eigenvalue weighted by molar-refractivity contribution is 0.409. The maximum Gasteiger partial charge on any atom is 0.0513 e. The summed E-state index contributed by atoms with van der Waals surface area (Å²) in [6.07, 6.45) is 14.5. The van der Waals surface area contributed by atoms with Crippen LogP contribution in [0.1, 0.15) is 102 Å². The standard InChI is InChI=1S/C23H37N3.C2H6/c1-5-9-19(10-6-2)23-22(18(7-3)11-16-25-23)17-20(8-4)26-21-12-14-24-15-13-21;1-2/h7,11,16-17,19,21,24,26H,3,5-6,8-10,12-15H2,1-2,4H3;1-2H3/b20-17+;. The predicted octanol–water partition coefficient (Wildman–Crippen LogP) is 6.53. The molecule has 2 N–H and O–H groups in total. The number of pyridine rings is 1. The molecule has 28 heavy (non-hydrogen) atoms. The molecule has 0 unspecified atom stereocenters. The molecule has 0 spiro atoms. The fourth-order valence-electron chi connectivity index (χ4n) is 3.93. The maximum atomic E-state index is 4.83. The van der Waals surface area contributed by atoms with E-state index >= 15 is 0 Å². The van der Waals surface area contributed by atoms with Gasteiger partial charge in [0.25, 0.3) is 0 Å². The Labute approximate surface area is 174 Å². The van der Waals surface area contributed by atoms with Gasteiger partial charge in [0, 0.05) is 29.4 Å². The van der Waals surface area contributed by atoms with E-state index in [1.165, 1.54) is 61.0 Å². The summed E-state index contributed by atoms with van der Waals surface area (Å²) in [6, 6.07) is 2.67. The number of aromatic nitrogens is 1. The number of hydrogen-bond donors (Lipinski definition) is 2. The highest BCUT2D eigenvalue weighted by molar-refractivity contribution is 5.67. The first-order chi connectivity index (χ1) is 13.7. The molecule has 0 aliphatic carbocycles. The van der Waals surface area contributed by atoms with E-state index in [2.05, 4.69) is 50.1 Å². The summed E-state index contributed by atoms with van der Waals surface area (Å²) in [5, 5.41) is 7.24. The molecule has 0 saturated carbocycles. The van der Waals surface area contributed by atoms with Crippen LogP contribution in [0.5, 0.6) is 0 Å². The van der Waals surface area contributed by atoms with Crippen molar-refractivity contribution in [3.63, 3.8) is 0 Å². The van der Waals surface area contributed by atoms with Crippen LogP contribution >= 0.6 is 0 Å². The molecule has 1 saturated heterocycles. The van der Waals surface area contributed by atoms with Crippen LogP contribution in [0.25, 0.3) is 12.2 Å². The van der Waals surface area contributed by atoms with E-state index in [1.807, 2.05) is 26.1 Å². The van der Waals surface area contributed by atoms with Gasteiger partial charge in [-0.15, -0.1) is 0 Å². The van der Waals surface area contributed by atoms with Crippen LogP contribution in [0.3, 0.4) is 0 Å². The van der Waals surface area contributed by atoms with Gasteiger partial charge in [-0.1, -0.05) is 60.1 Å². The van der Waals surface area contributed by atoms with Crippen molar-refractivity contribution in [2.24, 2.45) is 0 Å². The van der Waals surface area contributed by atoms with Crippen molar-refractivity contribution in [2.45, 2.75) is 91.5 Å². The summed E-state index contributed by atoms with van der Waals surface area (Å²) in [6.45, 7) is 17.0. The Kier molecular flexibility index (Phi) is 12.6. The highest BCUT2D eigenvalue weighted by Crippen LogP contribution is 2.31. The zero-order valence-corrected chi connectivity index (χ0v) is 19.0. The third-order valence-electron chi connectivity index (χ3n) is 5.36. The summed E-state index contributed by atoms with van der Waals surface area (Å²) >= 11 is 0. The average molecular weight is 386 g/mol. The Morgan fingerprint density at radius 1 is 1.21 bits per heavy atom. The Morgan fingerprint density at radius 2 is 1.86 bits per heavy atom. The third kappa shape index (κ3) is 7.43. The molecular weight excluding hydrogens is 342 g/mol. The number of allylic oxidation sites excluding steroid dienone is 1. The minimum Gasteiger partial charge on any atom is -0.386 e. The van der Waals surface area contributed by atoms with Gasteiger partial charge in [0.15, 0.2) is 0 Å². The monoisotopic (exact) mass is 385 g/mol. The summed E-state index contributed by atoms with van der Waals surface area (Å²) in [4.78, 5) is 4.83. The molecule has 0 atom stereocenters. The van der Waals surface area contributed by atoms with Gasteiger partial charge >= 0.3 is 0 Å². The van der Waals surface area contributed by atoms with Crippen molar-refractivity contribution in [3.8, 4) is 0 Å². The number of rotatable bonds is 10. The smallest absolute Gasteiger partial charge is 0.0513 e. The predicted molar refractivity (Wildman–Crippen MR) is 126 cm³/mol. The van der Waals surface area contributed by atoms with Gasteiger partial charge in [-0.05, 0) is 62.9 Å². The molecule has 2 heterocycles. The van der Waals surface area contributed by atoms with E-state index in [0.29, 0.717) is 12.0 Å². The van der Waals surface area contributed by atoms with Gasteiger partial charge in [-0.25, -0.2) is 0 Å². The van der Waals surface area contributed by atoms with Crippen LogP contribution in [0.2, 0.25) is 0 Å². The second-order valence-electron chi connectivity index (χ2n) is 7.37. The zero-order valence-electron chi connectivity index (χ0n) is 19.0. The van der Waals surface area contributed by atoms with Gasteiger partial charge in [0.2, 0.25) is 0 Å². The molecule has 0 radical (unpaired) electrons. The third-order valence-corrected chi connectivity index (χ3v) is 5.36. The second-order valence-corrected chi connectivity index (χ2v) is 7.37. The Morgan fingerprint density at radius 3 is 2.39 bits per heavy atom. The number of nitrogens with one attached hydrogen (secondary N) is 2. The van der Waals surface area contributed by atoms with E-state index < -0.39 is 0 Å². The normalized spacial score (nSPS) is 15.1. The lowest BCUT2D eigenvalue weighted by atomic mass is 9.89. The van der Waals surface area contributed by atoms with Crippen molar-refractivity contribution < 1.29 is 0 Å². The molecular formula is C25H43N3. The van der Waals surface area contributed by atoms with E-state index in [0.717, 1.165) is 19.5 Å². The molecule has 1 fully saturated rings. The Hall–Kier alpha value is -1.61. The van der Waals surface area contributed by atoms with Crippen LogP contribution < -0.4 is 10.6 Å². The van der Waals surface area contributed by atoms with Gasteiger partial charge in [0.05, 0.1) is 5.69 Å². The molecule has 1 aliphatic rings. The molecule has 0 bridgehead atoms. The highest BCUT2D eigenvalue weighted by Gasteiger charge is 2.18. The first-order valence-corrected chi connectivity index (χ1v) is 11.5. The topological polar surface area (TPSA) is 37.0 Å². The number of hydrogen-bond acceptors (Lipinski definition) is 3. The molecule has 2 rings (SSSR count). The first-order valence-electron chi connectivity index (χ1n) is 11.5. The van der Waals surface area contributed by atoms with E-state index in [-0.39, 0.29) is 0 Å². The van der Waals surface area contributed by atoms with Crippen LogP contribution in [-0.2, 0) is 0 Å². The summed E-state index contributed by atoms with van der Waals surface area (Å²) in [5.74, 6) is 0.535. The van der Waals surface area contributed by atoms with Crippen molar-refractivity contribution in [2.75, 3.05) is 13.1 Å².